The molecule has 0 aliphatic heterocycles. The van der Waals surface area contributed by atoms with Crippen LogP contribution in [0.3, 0.4) is 0 Å². The van der Waals surface area contributed by atoms with Crippen LogP contribution >= 0.6 is 0 Å². The summed E-state index contributed by atoms with van der Waals surface area (Å²) in [5.74, 6) is 2.54. The molecule has 0 aromatic carbocycles. The molecule has 0 rings (SSSR count). The van der Waals surface area contributed by atoms with Crippen molar-refractivity contribution >= 4 is 5.91 Å². The first-order chi connectivity index (χ1) is 5.11. The second-order valence-electron chi connectivity index (χ2n) is 2.79. The zero-order valence-electron chi connectivity index (χ0n) is 7.35. The monoisotopic (exact) mass is 153 g/mol. The van der Waals surface area contributed by atoms with E-state index in [0.29, 0.717) is 0 Å². The van der Waals surface area contributed by atoms with Crippen molar-refractivity contribution in [3.8, 4) is 12.3 Å². The molecule has 0 saturated heterocycles. The van der Waals surface area contributed by atoms with Crippen molar-refractivity contribution in [1.29, 1.82) is 0 Å². The van der Waals surface area contributed by atoms with Gasteiger partial charge in [-0.25, -0.2) is 0 Å². The molecule has 0 fully saturated rings. The normalized spacial score (nSPS) is 12.3. The van der Waals surface area contributed by atoms with Gasteiger partial charge in [-0.2, -0.15) is 0 Å². The maximum Gasteiger partial charge on any atom is 0.223 e. The van der Waals surface area contributed by atoms with Crippen LogP contribution < -0.4 is 5.32 Å². The highest BCUT2D eigenvalue weighted by molar-refractivity contribution is 5.78. The lowest BCUT2D eigenvalue weighted by molar-refractivity contribution is -0.124. The van der Waals surface area contributed by atoms with E-state index in [1.54, 1.807) is 0 Å². The summed E-state index contributed by atoms with van der Waals surface area (Å²) in [7, 11) is 0. The largest absolute Gasteiger partial charge is 0.342 e. The molecule has 1 amide bonds. The number of rotatable bonds is 3. The molecule has 2 heteroatoms. The van der Waals surface area contributed by atoms with Gasteiger partial charge in [-0.3, -0.25) is 4.79 Å². The summed E-state index contributed by atoms with van der Waals surface area (Å²) in [5.41, 5.74) is 0. The fourth-order valence-corrected chi connectivity index (χ4v) is 0.600. The molecular formula is C9H15NO. The van der Waals surface area contributed by atoms with E-state index in [0.717, 1.165) is 6.42 Å². The molecule has 2 nitrogen and oxygen atoms in total. The zero-order valence-corrected chi connectivity index (χ0v) is 7.35. The Kier molecular flexibility index (Phi) is 4.36. The second-order valence-corrected chi connectivity index (χ2v) is 2.79. The highest BCUT2D eigenvalue weighted by Crippen LogP contribution is 1.94. The topological polar surface area (TPSA) is 29.1 Å². The predicted octanol–water partition coefficient (Wildman–Crippen LogP) is 1.17. The molecular weight excluding hydrogens is 138 g/mol. The third kappa shape index (κ3) is 3.67. The summed E-state index contributed by atoms with van der Waals surface area (Å²) < 4.78 is 0. The number of hydrogen-bond donors (Lipinski definition) is 1. The summed E-state index contributed by atoms with van der Waals surface area (Å²) in [4.78, 5) is 11.1. The lowest BCUT2D eigenvalue weighted by Crippen LogP contribution is -2.35. The van der Waals surface area contributed by atoms with Crippen molar-refractivity contribution in [3.63, 3.8) is 0 Å². The molecule has 0 aromatic heterocycles. The van der Waals surface area contributed by atoms with Gasteiger partial charge in [0, 0.05) is 5.92 Å². The summed E-state index contributed by atoms with van der Waals surface area (Å²) in [6.07, 6.45) is 5.95. The zero-order chi connectivity index (χ0) is 8.85. The van der Waals surface area contributed by atoms with Crippen LogP contribution in [0.1, 0.15) is 27.2 Å². The Morgan fingerprint density at radius 1 is 1.64 bits per heavy atom. The van der Waals surface area contributed by atoms with Crippen molar-refractivity contribution in [3.05, 3.63) is 0 Å². The first-order valence-corrected chi connectivity index (χ1v) is 3.88. The van der Waals surface area contributed by atoms with E-state index >= 15 is 0 Å². The average Bonchev–Trinajstić information content (AvgIpc) is 1.99. The van der Waals surface area contributed by atoms with E-state index in [9.17, 15) is 4.79 Å². The molecule has 0 bridgehead atoms. The van der Waals surface area contributed by atoms with Crippen molar-refractivity contribution < 1.29 is 4.79 Å². The third-order valence-corrected chi connectivity index (χ3v) is 1.45. The molecule has 0 saturated carbocycles. The third-order valence-electron chi connectivity index (χ3n) is 1.45. The molecule has 0 aromatic rings. The lowest BCUT2D eigenvalue weighted by Gasteiger charge is -2.12. The van der Waals surface area contributed by atoms with Gasteiger partial charge < -0.3 is 5.32 Å². The van der Waals surface area contributed by atoms with Gasteiger partial charge in [0.05, 0.1) is 6.04 Å². The van der Waals surface area contributed by atoms with E-state index < -0.39 is 0 Å². The minimum Gasteiger partial charge on any atom is -0.342 e. The van der Waals surface area contributed by atoms with Gasteiger partial charge in [-0.1, -0.05) is 26.7 Å². The van der Waals surface area contributed by atoms with Crippen LogP contribution in [-0.4, -0.2) is 11.9 Å². The number of amides is 1. The van der Waals surface area contributed by atoms with Gasteiger partial charge in [0.15, 0.2) is 0 Å². The van der Waals surface area contributed by atoms with Crippen molar-refractivity contribution in [2.75, 3.05) is 0 Å². The minimum absolute atomic E-state index is 0.0115. The quantitative estimate of drug-likeness (QED) is 0.606. The van der Waals surface area contributed by atoms with E-state index in [1.165, 1.54) is 0 Å². The van der Waals surface area contributed by atoms with Crippen molar-refractivity contribution in [1.82, 2.24) is 5.32 Å². The van der Waals surface area contributed by atoms with E-state index in [4.69, 9.17) is 6.42 Å². The van der Waals surface area contributed by atoms with Crippen LogP contribution in [0.15, 0.2) is 0 Å². The Balaban J connectivity index is 3.84. The Bertz CT molecular complexity index is 167. The van der Waals surface area contributed by atoms with E-state index in [1.807, 2.05) is 20.8 Å². The van der Waals surface area contributed by atoms with Gasteiger partial charge >= 0.3 is 0 Å². The van der Waals surface area contributed by atoms with Crippen LogP contribution in [0.5, 0.6) is 0 Å². The molecule has 0 spiro atoms. The molecule has 1 N–H and O–H groups in total. The summed E-state index contributed by atoms with van der Waals surface area (Å²) in [5, 5.41) is 2.74. The minimum atomic E-state index is -0.107. The molecule has 11 heavy (non-hydrogen) atoms. The predicted molar refractivity (Wildman–Crippen MR) is 45.9 cm³/mol. The molecule has 0 radical (unpaired) electrons. The van der Waals surface area contributed by atoms with Crippen molar-refractivity contribution in [2.45, 2.75) is 33.2 Å². The number of hydrogen-bond acceptors (Lipinski definition) is 1. The average molecular weight is 153 g/mol. The highest BCUT2D eigenvalue weighted by atomic mass is 16.1. The Morgan fingerprint density at radius 3 is 2.45 bits per heavy atom. The maximum absolute atomic E-state index is 11.1. The smallest absolute Gasteiger partial charge is 0.223 e. The molecule has 62 valence electrons. The molecule has 0 aliphatic carbocycles. The van der Waals surface area contributed by atoms with Gasteiger partial charge in [-0.05, 0) is 6.42 Å². The van der Waals surface area contributed by atoms with Crippen LogP contribution in [0.25, 0.3) is 0 Å². The Labute approximate surface area is 68.4 Å². The molecule has 1 unspecified atom stereocenters. The summed E-state index contributed by atoms with van der Waals surface area (Å²) >= 11 is 0. The van der Waals surface area contributed by atoms with Crippen LogP contribution in [0.4, 0.5) is 0 Å². The first-order valence-electron chi connectivity index (χ1n) is 3.88. The van der Waals surface area contributed by atoms with Gasteiger partial charge in [0.1, 0.15) is 0 Å². The number of carbonyl (C=O) groups excluding carboxylic acids is 1. The standard InChI is InChI=1S/C9H15NO/c1-5-8(6-2)10-9(11)7(3)4/h1,7-8H,6H2,2-4H3,(H,10,11). The molecule has 1 atom stereocenters. The van der Waals surface area contributed by atoms with Crippen molar-refractivity contribution in [2.24, 2.45) is 5.92 Å². The Morgan fingerprint density at radius 2 is 2.18 bits per heavy atom. The maximum atomic E-state index is 11.1. The number of nitrogens with one attached hydrogen (secondary N) is 1. The van der Waals surface area contributed by atoms with Crippen LogP contribution in [-0.2, 0) is 4.79 Å². The van der Waals surface area contributed by atoms with Gasteiger partial charge in [0.25, 0.3) is 0 Å². The second kappa shape index (κ2) is 4.79. The lowest BCUT2D eigenvalue weighted by atomic mass is 10.1. The highest BCUT2D eigenvalue weighted by Gasteiger charge is 2.09. The molecule has 0 aliphatic rings. The Hall–Kier alpha value is -0.970. The fraction of sp³-hybridized carbons (Fsp3) is 0.667. The summed E-state index contributed by atoms with van der Waals surface area (Å²) in [6.45, 7) is 5.64. The summed E-state index contributed by atoms with van der Waals surface area (Å²) in [6, 6.07) is -0.107. The van der Waals surface area contributed by atoms with Gasteiger partial charge in [-0.15, -0.1) is 6.42 Å². The fourth-order valence-electron chi connectivity index (χ4n) is 0.600. The van der Waals surface area contributed by atoms with E-state index in [2.05, 4.69) is 11.2 Å². The van der Waals surface area contributed by atoms with Crippen LogP contribution in [0, 0.1) is 18.3 Å². The number of carbonyl (C=O) groups is 1. The SMILES string of the molecule is C#CC(CC)NC(=O)C(C)C. The molecule has 0 heterocycles. The van der Waals surface area contributed by atoms with Gasteiger partial charge in [0.2, 0.25) is 5.91 Å². The van der Waals surface area contributed by atoms with Crippen LogP contribution in [0.2, 0.25) is 0 Å². The van der Waals surface area contributed by atoms with E-state index in [-0.39, 0.29) is 17.9 Å². The first kappa shape index (κ1) is 10.0. The number of terminal acetylenes is 1.